The summed E-state index contributed by atoms with van der Waals surface area (Å²) in [6, 6.07) is 1.63. The van der Waals surface area contributed by atoms with Gasteiger partial charge in [-0.05, 0) is 29.3 Å². The molecule has 0 aromatic carbocycles. The predicted octanol–water partition coefficient (Wildman–Crippen LogP) is 1.36. The van der Waals surface area contributed by atoms with Crippen molar-refractivity contribution in [1.29, 1.82) is 0 Å². The van der Waals surface area contributed by atoms with Crippen molar-refractivity contribution in [3.05, 3.63) is 22.4 Å². The third-order valence-electron chi connectivity index (χ3n) is 2.31. The molecule has 1 aliphatic rings. The summed E-state index contributed by atoms with van der Waals surface area (Å²) in [5, 5.41) is 6.21. The normalized spacial score (nSPS) is 18.5. The largest absolute Gasteiger partial charge is 0.325 e. The number of hydrogen-bond donors (Lipinski definition) is 1. The molecule has 1 aromatic rings. The first kappa shape index (κ1) is 9.21. The molecule has 1 saturated heterocycles. The molecule has 2 heterocycles. The topological polar surface area (TPSA) is 49.4 Å². The van der Waals surface area contributed by atoms with Gasteiger partial charge in [-0.3, -0.25) is 10.1 Å². The van der Waals surface area contributed by atoms with E-state index in [4.69, 9.17) is 0 Å². The van der Waals surface area contributed by atoms with E-state index in [1.54, 1.807) is 11.3 Å². The fourth-order valence-electron chi connectivity index (χ4n) is 1.46. The number of imide groups is 1. The lowest BCUT2D eigenvalue weighted by Gasteiger charge is -2.20. The number of hydrogen-bond acceptors (Lipinski definition) is 3. The number of carbonyl (C=O) groups excluding carboxylic acids is 2. The molecule has 1 unspecified atom stereocenters. The van der Waals surface area contributed by atoms with Crippen molar-refractivity contribution in [1.82, 2.24) is 10.2 Å². The van der Waals surface area contributed by atoms with E-state index in [-0.39, 0.29) is 24.5 Å². The lowest BCUT2D eigenvalue weighted by molar-refractivity contribution is -0.118. The summed E-state index contributed by atoms with van der Waals surface area (Å²) in [5.74, 6) is -0.225. The minimum atomic E-state index is -0.297. The average molecular weight is 210 g/mol. The van der Waals surface area contributed by atoms with Gasteiger partial charge in [-0.15, -0.1) is 0 Å². The molecule has 14 heavy (non-hydrogen) atoms. The van der Waals surface area contributed by atoms with Crippen molar-refractivity contribution in [2.75, 3.05) is 6.54 Å². The molecule has 1 fully saturated rings. The van der Waals surface area contributed by atoms with Gasteiger partial charge in [0.1, 0.15) is 6.54 Å². The highest BCUT2D eigenvalue weighted by Crippen LogP contribution is 2.23. The van der Waals surface area contributed by atoms with Crippen molar-refractivity contribution in [2.45, 2.75) is 13.0 Å². The monoisotopic (exact) mass is 210 g/mol. The van der Waals surface area contributed by atoms with Gasteiger partial charge in [0.15, 0.2) is 0 Å². The second kappa shape index (κ2) is 3.42. The lowest BCUT2D eigenvalue weighted by Crippen LogP contribution is -2.30. The van der Waals surface area contributed by atoms with E-state index in [0.29, 0.717) is 0 Å². The highest BCUT2D eigenvalue weighted by Gasteiger charge is 2.31. The Hall–Kier alpha value is -1.36. The van der Waals surface area contributed by atoms with Gasteiger partial charge in [0.2, 0.25) is 5.91 Å². The SMILES string of the molecule is CC(c1ccsc1)N1CC(=O)NC1=O. The first-order chi connectivity index (χ1) is 6.68. The van der Waals surface area contributed by atoms with Gasteiger partial charge in [-0.1, -0.05) is 0 Å². The van der Waals surface area contributed by atoms with Gasteiger partial charge in [-0.25, -0.2) is 4.79 Å². The molecule has 5 heteroatoms. The molecule has 1 N–H and O–H groups in total. The molecule has 0 spiro atoms. The highest BCUT2D eigenvalue weighted by molar-refractivity contribution is 7.07. The first-order valence-corrected chi connectivity index (χ1v) is 5.25. The quantitative estimate of drug-likeness (QED) is 0.749. The maximum atomic E-state index is 11.3. The number of thiophene rings is 1. The zero-order chi connectivity index (χ0) is 10.1. The molecule has 1 aromatic heterocycles. The average Bonchev–Trinajstić information content (AvgIpc) is 2.73. The van der Waals surface area contributed by atoms with Crippen LogP contribution in [0.2, 0.25) is 0 Å². The van der Waals surface area contributed by atoms with E-state index in [1.807, 2.05) is 23.8 Å². The second-order valence-electron chi connectivity index (χ2n) is 3.21. The van der Waals surface area contributed by atoms with Gasteiger partial charge in [0, 0.05) is 0 Å². The van der Waals surface area contributed by atoms with Crippen molar-refractivity contribution in [3.8, 4) is 0 Å². The van der Waals surface area contributed by atoms with E-state index < -0.39 is 0 Å². The lowest BCUT2D eigenvalue weighted by atomic mass is 10.1. The molecular formula is C9H10N2O2S. The number of amides is 3. The summed E-state index contributed by atoms with van der Waals surface area (Å²) in [4.78, 5) is 23.8. The van der Waals surface area contributed by atoms with Crippen LogP contribution >= 0.6 is 11.3 Å². The van der Waals surface area contributed by atoms with Crippen LogP contribution in [-0.2, 0) is 4.79 Å². The number of carbonyl (C=O) groups is 2. The maximum absolute atomic E-state index is 11.3. The van der Waals surface area contributed by atoms with Crippen molar-refractivity contribution >= 4 is 23.3 Å². The minimum Gasteiger partial charge on any atom is -0.308 e. The second-order valence-corrected chi connectivity index (χ2v) is 3.99. The Labute approximate surface area is 85.5 Å². The fraction of sp³-hybridized carbons (Fsp3) is 0.333. The summed E-state index contributed by atoms with van der Waals surface area (Å²) >= 11 is 1.59. The van der Waals surface area contributed by atoms with Gasteiger partial charge < -0.3 is 4.90 Å². The van der Waals surface area contributed by atoms with Crippen LogP contribution in [0.4, 0.5) is 4.79 Å². The van der Waals surface area contributed by atoms with Crippen LogP contribution in [-0.4, -0.2) is 23.4 Å². The Morgan fingerprint density at radius 3 is 2.86 bits per heavy atom. The summed E-state index contributed by atoms with van der Waals surface area (Å²) in [6.07, 6.45) is 0. The third-order valence-corrected chi connectivity index (χ3v) is 3.02. The van der Waals surface area contributed by atoms with E-state index in [9.17, 15) is 9.59 Å². The number of nitrogens with zero attached hydrogens (tertiary/aromatic N) is 1. The van der Waals surface area contributed by atoms with Crippen LogP contribution < -0.4 is 5.32 Å². The van der Waals surface area contributed by atoms with E-state index in [0.717, 1.165) is 5.56 Å². The Morgan fingerprint density at radius 2 is 2.36 bits per heavy atom. The molecule has 3 amide bonds. The number of nitrogens with one attached hydrogen (secondary N) is 1. The standard InChI is InChI=1S/C9H10N2O2S/c1-6(7-2-3-14-5-7)11-4-8(12)10-9(11)13/h2-3,5-6H,4H2,1H3,(H,10,12,13). The minimum absolute atomic E-state index is 0.0345. The fourth-order valence-corrected chi connectivity index (χ4v) is 2.21. The Bertz CT molecular complexity index is 361. The summed E-state index contributed by atoms with van der Waals surface area (Å²) < 4.78 is 0. The van der Waals surface area contributed by atoms with E-state index >= 15 is 0 Å². The molecule has 2 rings (SSSR count). The van der Waals surface area contributed by atoms with Crippen molar-refractivity contribution in [2.24, 2.45) is 0 Å². The Kier molecular flexibility index (Phi) is 2.25. The molecule has 0 aliphatic carbocycles. The van der Waals surface area contributed by atoms with Crippen LogP contribution in [0.15, 0.2) is 16.8 Å². The first-order valence-electron chi connectivity index (χ1n) is 4.31. The Balaban J connectivity index is 2.16. The van der Waals surface area contributed by atoms with Gasteiger partial charge >= 0.3 is 6.03 Å². The third kappa shape index (κ3) is 1.50. The van der Waals surface area contributed by atoms with Gasteiger partial charge in [0.05, 0.1) is 6.04 Å². The zero-order valence-corrected chi connectivity index (χ0v) is 8.50. The molecule has 0 saturated carbocycles. The molecule has 0 radical (unpaired) electrons. The zero-order valence-electron chi connectivity index (χ0n) is 7.69. The number of rotatable bonds is 2. The highest BCUT2D eigenvalue weighted by atomic mass is 32.1. The molecule has 74 valence electrons. The van der Waals surface area contributed by atoms with Crippen molar-refractivity contribution < 1.29 is 9.59 Å². The van der Waals surface area contributed by atoms with Gasteiger partial charge in [-0.2, -0.15) is 11.3 Å². The van der Waals surface area contributed by atoms with Crippen LogP contribution in [0.3, 0.4) is 0 Å². The number of urea groups is 1. The maximum Gasteiger partial charge on any atom is 0.325 e. The Morgan fingerprint density at radius 1 is 1.57 bits per heavy atom. The summed E-state index contributed by atoms with van der Waals surface area (Å²) in [7, 11) is 0. The van der Waals surface area contributed by atoms with Crippen LogP contribution in [0.1, 0.15) is 18.5 Å². The van der Waals surface area contributed by atoms with Crippen LogP contribution in [0.25, 0.3) is 0 Å². The van der Waals surface area contributed by atoms with Gasteiger partial charge in [0.25, 0.3) is 0 Å². The van der Waals surface area contributed by atoms with Crippen LogP contribution in [0, 0.1) is 0 Å². The van der Waals surface area contributed by atoms with Crippen LogP contribution in [0.5, 0.6) is 0 Å². The summed E-state index contributed by atoms with van der Waals surface area (Å²) in [5.41, 5.74) is 1.07. The molecule has 1 aliphatic heterocycles. The molecule has 4 nitrogen and oxygen atoms in total. The van der Waals surface area contributed by atoms with E-state index in [1.165, 1.54) is 4.90 Å². The summed E-state index contributed by atoms with van der Waals surface area (Å²) in [6.45, 7) is 2.08. The molecule has 0 bridgehead atoms. The van der Waals surface area contributed by atoms with E-state index in [2.05, 4.69) is 5.32 Å². The molecular weight excluding hydrogens is 200 g/mol. The van der Waals surface area contributed by atoms with Crippen molar-refractivity contribution in [3.63, 3.8) is 0 Å². The smallest absolute Gasteiger partial charge is 0.308 e. The predicted molar refractivity (Wildman–Crippen MR) is 53.0 cm³/mol. The molecule has 1 atom stereocenters.